The number of fused-ring (bicyclic) bond motifs is 5. The first-order valence-corrected chi connectivity index (χ1v) is 31.5. The van der Waals surface area contributed by atoms with Gasteiger partial charge in [0.25, 0.3) is 11.8 Å². The third-order valence-corrected chi connectivity index (χ3v) is 18.8. The summed E-state index contributed by atoms with van der Waals surface area (Å²) in [6, 6.07) is 33.9. The second kappa shape index (κ2) is 25.9. The van der Waals surface area contributed by atoms with E-state index < -0.39 is 47.6 Å². The van der Waals surface area contributed by atoms with Gasteiger partial charge >= 0.3 is 35.5 Å². The largest absolute Gasteiger partial charge is 0.438 e. The van der Waals surface area contributed by atoms with Crippen LogP contribution in [-0.4, -0.2) is 144 Å². The monoisotopic (exact) mass is 1250 g/mol. The van der Waals surface area contributed by atoms with Crippen molar-refractivity contribution in [2.45, 2.75) is 114 Å². The van der Waals surface area contributed by atoms with Crippen LogP contribution in [0.5, 0.6) is 0 Å². The summed E-state index contributed by atoms with van der Waals surface area (Å²) in [6.07, 6.45) is 5.01. The zero-order chi connectivity index (χ0) is 63.6. The van der Waals surface area contributed by atoms with Crippen molar-refractivity contribution in [2.75, 3.05) is 57.7 Å². The van der Waals surface area contributed by atoms with Crippen molar-refractivity contribution in [2.24, 2.45) is 0 Å². The second-order valence-corrected chi connectivity index (χ2v) is 24.5. The van der Waals surface area contributed by atoms with E-state index in [2.05, 4.69) is 30.2 Å². The highest BCUT2D eigenvalue weighted by Crippen LogP contribution is 2.44. The number of carbonyl (C=O) groups excluding carboxylic acids is 5. The molecule has 14 rings (SSSR count). The number of hydrogen-bond acceptors (Lipinski definition) is 15. The fraction of sp³-hybridized carbons (Fsp3) is 0.382. The molecule has 476 valence electrons. The Kier molecular flexibility index (Phi) is 17.1. The van der Waals surface area contributed by atoms with Crippen molar-refractivity contribution < 1.29 is 47.0 Å². The van der Waals surface area contributed by atoms with Crippen LogP contribution in [-0.2, 0) is 42.2 Å². The maximum atomic E-state index is 14.0. The number of rotatable bonds is 11. The third-order valence-electron chi connectivity index (χ3n) is 18.8. The fourth-order valence-corrected chi connectivity index (χ4v) is 14.0. The number of para-hydroxylation sites is 3. The minimum atomic E-state index is -1.09. The van der Waals surface area contributed by atoms with Gasteiger partial charge in [-0.2, -0.15) is 0 Å². The van der Waals surface area contributed by atoms with Gasteiger partial charge < -0.3 is 47.6 Å². The number of anilines is 1. The number of likely N-dealkylation sites (tertiary alicyclic amines) is 4. The van der Waals surface area contributed by atoms with Crippen LogP contribution in [0, 0.1) is 13.8 Å². The van der Waals surface area contributed by atoms with Gasteiger partial charge in [-0.05, 0) is 129 Å². The van der Waals surface area contributed by atoms with Crippen molar-refractivity contribution in [1.29, 1.82) is 0 Å². The lowest BCUT2D eigenvalue weighted by Gasteiger charge is -2.44. The van der Waals surface area contributed by atoms with Gasteiger partial charge in [-0.25, -0.2) is 28.8 Å². The van der Waals surface area contributed by atoms with Gasteiger partial charge in [0.05, 0.1) is 27.8 Å². The molecule has 24 nitrogen and oxygen atoms in total. The van der Waals surface area contributed by atoms with E-state index >= 15 is 0 Å². The lowest BCUT2D eigenvalue weighted by Crippen LogP contribution is -2.51. The number of pyridine rings is 2. The van der Waals surface area contributed by atoms with Gasteiger partial charge in [0, 0.05) is 125 Å². The molecule has 0 radical (unpaired) electrons. The summed E-state index contributed by atoms with van der Waals surface area (Å²) in [5, 5.41) is 2.75. The molecular formula is C68H71N11O13. The van der Waals surface area contributed by atoms with Crippen LogP contribution in [0.3, 0.4) is 0 Å². The van der Waals surface area contributed by atoms with Crippen molar-refractivity contribution in [3.63, 3.8) is 0 Å². The lowest BCUT2D eigenvalue weighted by atomic mass is 9.82. The molecule has 0 saturated carbocycles. The number of carbonyl (C=O) groups is 5. The SMILES string of the molecule is Cc1cc(CC(OC(=O)N2CCC(n3c(=O)[nH]c4ccccc43)CC2)C(=O)N2CCC(c3ccccn3)CC2)cc2oc(=O)[nH]c12.Cc1cc(CC(OC(=O)N2CCC3(CC2)OC(=O)Nc2ccccc23)C(=O)N2CCC(c3ccccn3)CC2)cc2oc(=O)[nH]c12. The molecule has 10 heterocycles. The Morgan fingerprint density at radius 1 is 0.565 bits per heavy atom. The van der Waals surface area contributed by atoms with Gasteiger partial charge in [0.2, 0.25) is 0 Å². The van der Waals surface area contributed by atoms with Crippen LogP contribution in [0.4, 0.5) is 20.1 Å². The first-order chi connectivity index (χ1) is 44.6. The van der Waals surface area contributed by atoms with Crippen molar-refractivity contribution in [3.8, 4) is 0 Å². The molecule has 2 atom stereocenters. The van der Waals surface area contributed by atoms with E-state index in [4.69, 9.17) is 23.0 Å². The van der Waals surface area contributed by atoms with Crippen molar-refractivity contribution in [1.82, 2.24) is 49.1 Å². The number of oxazole rings is 2. The summed E-state index contributed by atoms with van der Waals surface area (Å²) in [4.78, 5) is 128. The molecule has 4 N–H and O–H groups in total. The average molecular weight is 1250 g/mol. The third kappa shape index (κ3) is 12.8. The molecule has 5 amide bonds. The molecule has 9 aromatic rings. The molecule has 92 heavy (non-hydrogen) atoms. The predicted molar refractivity (Wildman–Crippen MR) is 338 cm³/mol. The average Bonchev–Trinajstić information content (AvgIpc) is 1.02. The molecular weight excluding hydrogens is 1180 g/mol. The Morgan fingerprint density at radius 2 is 1.04 bits per heavy atom. The number of H-pyrrole nitrogens is 3. The number of nitrogens with zero attached hydrogens (tertiary/aromatic N) is 7. The molecule has 1 spiro atoms. The number of aromatic amines is 3. The highest BCUT2D eigenvalue weighted by Gasteiger charge is 2.46. The predicted octanol–water partition coefficient (Wildman–Crippen LogP) is 9.09. The second-order valence-electron chi connectivity index (χ2n) is 24.5. The fourth-order valence-electron chi connectivity index (χ4n) is 14.0. The number of ether oxygens (including phenoxy) is 3. The Bertz CT molecular complexity index is 4390. The summed E-state index contributed by atoms with van der Waals surface area (Å²) in [7, 11) is 0. The zero-order valence-corrected chi connectivity index (χ0v) is 51.1. The Balaban J connectivity index is 0.000000168. The Hall–Kier alpha value is -10.3. The van der Waals surface area contributed by atoms with Crippen LogP contribution in [0.25, 0.3) is 33.2 Å². The topological polar surface area (TPSA) is 294 Å². The highest BCUT2D eigenvalue weighted by atomic mass is 16.6. The molecule has 4 aromatic carbocycles. The van der Waals surface area contributed by atoms with E-state index in [-0.39, 0.29) is 61.3 Å². The lowest BCUT2D eigenvalue weighted by molar-refractivity contribution is -0.142. The molecule has 2 unspecified atom stereocenters. The summed E-state index contributed by atoms with van der Waals surface area (Å²) >= 11 is 0. The highest BCUT2D eigenvalue weighted by molar-refractivity contribution is 5.89. The zero-order valence-electron chi connectivity index (χ0n) is 51.1. The summed E-state index contributed by atoms with van der Waals surface area (Å²) in [5.74, 6) is -1.11. The number of aromatic nitrogens is 6. The maximum Gasteiger partial charge on any atom is 0.417 e. The summed E-state index contributed by atoms with van der Waals surface area (Å²) in [6.45, 7) is 7.16. The molecule has 0 aliphatic carbocycles. The minimum absolute atomic E-state index is 0.0590. The van der Waals surface area contributed by atoms with Crippen LogP contribution in [0.2, 0.25) is 0 Å². The van der Waals surface area contributed by atoms with Crippen LogP contribution in [0.1, 0.15) is 108 Å². The molecule has 4 fully saturated rings. The van der Waals surface area contributed by atoms with Gasteiger partial charge in [-0.15, -0.1) is 0 Å². The number of benzene rings is 4. The van der Waals surface area contributed by atoms with Crippen LogP contribution < -0.4 is 22.5 Å². The smallest absolute Gasteiger partial charge is 0.417 e. The van der Waals surface area contributed by atoms with Gasteiger partial charge in [-0.1, -0.05) is 54.6 Å². The molecule has 4 saturated heterocycles. The summed E-state index contributed by atoms with van der Waals surface area (Å²) in [5.41, 5.74) is 9.22. The van der Waals surface area contributed by atoms with Crippen LogP contribution >= 0.6 is 0 Å². The minimum Gasteiger partial charge on any atom is -0.438 e. The molecule has 5 aliphatic heterocycles. The Morgan fingerprint density at radius 3 is 1.57 bits per heavy atom. The van der Waals surface area contributed by atoms with E-state index in [1.54, 1.807) is 48.7 Å². The number of piperidine rings is 4. The quantitative estimate of drug-likeness (QED) is 0.0878. The van der Waals surface area contributed by atoms with Gasteiger partial charge in [0.1, 0.15) is 5.60 Å². The number of hydrogen-bond donors (Lipinski definition) is 4. The molecule has 5 aliphatic rings. The van der Waals surface area contributed by atoms with E-state index in [1.807, 2.05) is 111 Å². The number of amides is 5. The Labute approximate surface area is 526 Å². The van der Waals surface area contributed by atoms with E-state index in [1.165, 1.54) is 0 Å². The van der Waals surface area contributed by atoms with Crippen LogP contribution in [0.15, 0.2) is 145 Å². The van der Waals surface area contributed by atoms with Crippen molar-refractivity contribution in [3.05, 3.63) is 192 Å². The number of imidazole rings is 1. The first kappa shape index (κ1) is 60.6. The van der Waals surface area contributed by atoms with Gasteiger partial charge in [-0.3, -0.25) is 39.4 Å². The standard InChI is InChI=1S/C34H36N6O6.C34H35N5O7/c1-21-18-22(19-28-30(21)37-33(43)45-28)20-29(31(41)38-14-9-23(10-15-38)25-6-4-5-13-35-25)46-34(44)39-16-11-24(12-17-39)40-27-8-3-2-7-26(27)36-32(40)42;1-21-18-22(19-27-29(21)37-31(41)44-27)20-28(30(40)38-14-9-23(10-15-38)25-7-4-5-13-35-25)45-33(43)39-16-11-34(12-17-39)24-6-2-3-8-26(24)36-32(42)46-34/h2-8,13,18-19,23-24,29H,9-12,14-17,20H2,1H3,(H,36,42)(H,37,43);2-8,13,18-19,23,28H,9-12,14-17,20H2,1H3,(H,36,42)(H,37,41). The normalized spacial score (nSPS) is 17.8. The van der Waals surface area contributed by atoms with E-state index in [0.717, 1.165) is 70.4 Å². The maximum absolute atomic E-state index is 14.0. The molecule has 24 heteroatoms. The van der Waals surface area contributed by atoms with E-state index in [0.29, 0.717) is 98.4 Å². The molecule has 5 aromatic heterocycles. The summed E-state index contributed by atoms with van der Waals surface area (Å²) < 4.78 is 30.2. The number of aryl methyl sites for hydroxylation is 2. The van der Waals surface area contributed by atoms with Gasteiger partial charge in [0.15, 0.2) is 23.4 Å². The van der Waals surface area contributed by atoms with E-state index in [9.17, 15) is 38.4 Å². The number of nitrogens with one attached hydrogen (secondary N) is 4. The van der Waals surface area contributed by atoms with Crippen molar-refractivity contribution >= 4 is 69.0 Å². The first-order valence-electron chi connectivity index (χ1n) is 31.5. The molecule has 0 bridgehead atoms.